The van der Waals surface area contributed by atoms with Gasteiger partial charge < -0.3 is 28.8 Å². The van der Waals surface area contributed by atoms with Crippen LogP contribution in [0.5, 0.6) is 0 Å². The molecule has 0 unspecified atom stereocenters. The number of rotatable bonds is 2. The van der Waals surface area contributed by atoms with Crippen molar-refractivity contribution in [3.63, 3.8) is 0 Å². The Morgan fingerprint density at radius 1 is 1.00 bits per heavy atom. The van der Waals surface area contributed by atoms with Crippen LogP contribution in [0.15, 0.2) is 0 Å². The second-order valence-corrected chi connectivity index (χ2v) is 6.79. The van der Waals surface area contributed by atoms with Gasteiger partial charge >= 0.3 is 0 Å². The predicted octanol–water partition coefficient (Wildman–Crippen LogP) is 0.675. The quantitative estimate of drug-likeness (QED) is 0.731. The van der Waals surface area contributed by atoms with Crippen LogP contribution in [0.3, 0.4) is 0 Å². The maximum atomic E-state index is 10.6. The lowest BCUT2D eigenvalue weighted by molar-refractivity contribution is -0.275. The van der Waals surface area contributed by atoms with Gasteiger partial charge in [-0.3, -0.25) is 0 Å². The molecule has 0 amide bonds. The summed E-state index contributed by atoms with van der Waals surface area (Å²) < 4.78 is 28.8. The highest BCUT2D eigenvalue weighted by atomic mass is 32.1. The number of thiol groups is 1. The van der Waals surface area contributed by atoms with E-state index in [0.717, 1.165) is 0 Å². The zero-order valence-electron chi connectivity index (χ0n) is 12.2. The van der Waals surface area contributed by atoms with E-state index in [4.69, 9.17) is 23.7 Å². The summed E-state index contributed by atoms with van der Waals surface area (Å²) in [7, 11) is 0. The molecule has 0 saturated carbocycles. The minimum atomic E-state index is -1.47. The average Bonchev–Trinajstić information content (AvgIpc) is 2.92. The largest absolute Gasteiger partial charge is 0.363 e. The molecule has 6 nitrogen and oxygen atoms in total. The fraction of sp³-hybridized carbons (Fsp3) is 1.00. The molecule has 0 aromatic carbocycles. The first-order valence-electron chi connectivity index (χ1n) is 6.84. The Morgan fingerprint density at radius 2 is 1.70 bits per heavy atom. The maximum absolute atomic E-state index is 10.6. The summed E-state index contributed by atoms with van der Waals surface area (Å²) in [6.45, 7) is 7.72. The molecule has 3 heterocycles. The third-order valence-corrected chi connectivity index (χ3v) is 4.31. The second kappa shape index (κ2) is 4.55. The summed E-state index contributed by atoms with van der Waals surface area (Å²) in [5.74, 6) is -2.76. The number of ether oxygens (including phenoxy) is 5. The van der Waals surface area contributed by atoms with Gasteiger partial charge in [-0.15, -0.1) is 0 Å². The molecule has 3 aliphatic heterocycles. The Morgan fingerprint density at radius 3 is 2.25 bits per heavy atom. The summed E-state index contributed by atoms with van der Waals surface area (Å²) in [5.41, 5.74) is 0. The van der Waals surface area contributed by atoms with E-state index in [0.29, 0.717) is 6.61 Å². The maximum Gasteiger partial charge on any atom is 0.204 e. The van der Waals surface area contributed by atoms with Crippen molar-refractivity contribution in [1.29, 1.82) is 0 Å². The van der Waals surface area contributed by atoms with Crippen molar-refractivity contribution in [3.05, 3.63) is 0 Å². The van der Waals surface area contributed by atoms with E-state index in [1.807, 2.05) is 27.7 Å². The SMILES string of the molecule is CC1(C)OC[C@H]([C@H]2O[C@@](O)(CS)[C@H]3OC(C)(C)O[C@@H]23)O1. The number of hydrogen-bond acceptors (Lipinski definition) is 7. The van der Waals surface area contributed by atoms with Crippen molar-refractivity contribution in [1.82, 2.24) is 0 Å². The molecule has 7 heteroatoms. The Bertz CT molecular complexity index is 400. The van der Waals surface area contributed by atoms with Crippen molar-refractivity contribution in [3.8, 4) is 0 Å². The molecular formula is C13H22O6S. The lowest BCUT2D eigenvalue weighted by Gasteiger charge is -2.30. The third-order valence-electron chi connectivity index (χ3n) is 3.86. The van der Waals surface area contributed by atoms with E-state index in [-0.39, 0.29) is 11.9 Å². The molecule has 0 aliphatic carbocycles. The second-order valence-electron chi connectivity index (χ2n) is 6.47. The van der Waals surface area contributed by atoms with Crippen molar-refractivity contribution >= 4 is 12.6 Å². The molecule has 0 bridgehead atoms. The van der Waals surface area contributed by atoms with Crippen LogP contribution in [-0.2, 0) is 23.7 Å². The van der Waals surface area contributed by atoms with Crippen LogP contribution in [0.1, 0.15) is 27.7 Å². The molecule has 0 radical (unpaired) electrons. The lowest BCUT2D eigenvalue weighted by atomic mass is 10.0. The van der Waals surface area contributed by atoms with Crippen molar-refractivity contribution in [2.24, 2.45) is 0 Å². The molecule has 3 rings (SSSR count). The van der Waals surface area contributed by atoms with Gasteiger partial charge in [0.2, 0.25) is 5.79 Å². The first-order valence-corrected chi connectivity index (χ1v) is 7.47. The predicted molar refractivity (Wildman–Crippen MR) is 72.4 cm³/mol. The van der Waals surface area contributed by atoms with E-state index in [2.05, 4.69) is 12.6 Å². The van der Waals surface area contributed by atoms with Crippen LogP contribution < -0.4 is 0 Å². The Labute approximate surface area is 124 Å². The molecule has 1 N–H and O–H groups in total. The third kappa shape index (κ3) is 2.39. The molecule has 5 atom stereocenters. The topological polar surface area (TPSA) is 66.4 Å². The van der Waals surface area contributed by atoms with Crippen LogP contribution in [0, 0.1) is 0 Å². The highest BCUT2D eigenvalue weighted by Crippen LogP contribution is 2.46. The van der Waals surface area contributed by atoms with Crippen LogP contribution in [0.25, 0.3) is 0 Å². The first kappa shape index (κ1) is 15.0. The highest BCUT2D eigenvalue weighted by Gasteiger charge is 2.64. The van der Waals surface area contributed by atoms with Crippen molar-refractivity contribution in [2.45, 2.75) is 69.5 Å². The summed E-state index contributed by atoms with van der Waals surface area (Å²) >= 11 is 4.17. The first-order chi connectivity index (χ1) is 9.16. The monoisotopic (exact) mass is 306 g/mol. The fourth-order valence-electron chi connectivity index (χ4n) is 3.04. The Balaban J connectivity index is 1.83. The smallest absolute Gasteiger partial charge is 0.204 e. The molecule has 0 spiro atoms. The van der Waals surface area contributed by atoms with Gasteiger partial charge in [-0.2, -0.15) is 12.6 Å². The van der Waals surface area contributed by atoms with E-state index in [9.17, 15) is 5.11 Å². The number of hydrogen-bond donors (Lipinski definition) is 2. The van der Waals surface area contributed by atoms with Crippen LogP contribution >= 0.6 is 12.6 Å². The molecule has 3 aliphatic rings. The van der Waals surface area contributed by atoms with Crippen molar-refractivity contribution in [2.75, 3.05) is 12.4 Å². The Hall–Kier alpha value is 0.110. The fourth-order valence-corrected chi connectivity index (χ4v) is 3.29. The molecular weight excluding hydrogens is 284 g/mol. The van der Waals surface area contributed by atoms with Gasteiger partial charge in [0.1, 0.15) is 24.4 Å². The van der Waals surface area contributed by atoms with Gasteiger partial charge in [-0.1, -0.05) is 0 Å². The van der Waals surface area contributed by atoms with Gasteiger partial charge in [-0.05, 0) is 27.7 Å². The van der Waals surface area contributed by atoms with Crippen LogP contribution in [0.4, 0.5) is 0 Å². The summed E-state index contributed by atoms with van der Waals surface area (Å²) in [6.07, 6.45) is -1.72. The Kier molecular flexibility index (Phi) is 3.42. The van der Waals surface area contributed by atoms with E-state index in [1.165, 1.54) is 0 Å². The van der Waals surface area contributed by atoms with Gasteiger partial charge in [0.15, 0.2) is 11.6 Å². The summed E-state index contributed by atoms with van der Waals surface area (Å²) in [4.78, 5) is 0. The zero-order chi connectivity index (χ0) is 14.8. The van der Waals surface area contributed by atoms with Crippen LogP contribution in [0.2, 0.25) is 0 Å². The van der Waals surface area contributed by atoms with E-state index < -0.39 is 35.7 Å². The molecule has 116 valence electrons. The number of aliphatic hydroxyl groups is 1. The molecule has 3 saturated heterocycles. The minimum Gasteiger partial charge on any atom is -0.363 e. The van der Waals surface area contributed by atoms with Crippen molar-refractivity contribution < 1.29 is 28.8 Å². The normalized spacial score (nSPS) is 49.5. The molecule has 0 aromatic rings. The van der Waals surface area contributed by atoms with Gasteiger partial charge in [-0.25, -0.2) is 0 Å². The molecule has 0 aromatic heterocycles. The van der Waals surface area contributed by atoms with Gasteiger partial charge in [0.05, 0.1) is 6.61 Å². The van der Waals surface area contributed by atoms with Gasteiger partial charge in [0, 0.05) is 5.75 Å². The summed E-state index contributed by atoms with van der Waals surface area (Å²) in [5, 5.41) is 10.6. The standard InChI is InChI=1S/C13H22O6S/c1-11(2)15-5-7(16-11)8-9-10(13(14,6-20)18-8)19-12(3,4)17-9/h7-10,14,20H,5-6H2,1-4H3/t7-,8-,9+,10+,13+/m1/s1. The average molecular weight is 306 g/mol. The lowest BCUT2D eigenvalue weighted by Crippen LogP contribution is -2.45. The summed E-state index contributed by atoms with van der Waals surface area (Å²) in [6, 6.07) is 0. The number of fused-ring (bicyclic) bond motifs is 1. The molecule has 3 fully saturated rings. The highest BCUT2D eigenvalue weighted by molar-refractivity contribution is 7.80. The van der Waals surface area contributed by atoms with E-state index >= 15 is 0 Å². The van der Waals surface area contributed by atoms with Gasteiger partial charge in [0.25, 0.3) is 0 Å². The minimum absolute atomic E-state index is 0.126. The van der Waals surface area contributed by atoms with E-state index in [1.54, 1.807) is 0 Å². The van der Waals surface area contributed by atoms with Crippen LogP contribution in [-0.4, -0.2) is 59.2 Å². The zero-order valence-corrected chi connectivity index (χ0v) is 13.1. The molecule has 20 heavy (non-hydrogen) atoms.